The van der Waals surface area contributed by atoms with Gasteiger partial charge in [-0.2, -0.15) is 5.26 Å². The van der Waals surface area contributed by atoms with Crippen molar-refractivity contribution >= 4 is 5.96 Å². The second-order valence-corrected chi connectivity index (χ2v) is 7.05. The number of aliphatic imine (C=N–C) groups is 1. The van der Waals surface area contributed by atoms with Gasteiger partial charge in [-0.3, -0.25) is 4.90 Å². The summed E-state index contributed by atoms with van der Waals surface area (Å²) >= 11 is 0. The number of likely N-dealkylation sites (tertiary alicyclic amines) is 1. The highest BCUT2D eigenvalue weighted by atomic mass is 15.2. The summed E-state index contributed by atoms with van der Waals surface area (Å²) in [5.41, 5.74) is 3.12. The lowest BCUT2D eigenvalue weighted by Gasteiger charge is -2.29. The lowest BCUT2D eigenvalue weighted by atomic mass is 10.1. The molecule has 1 aliphatic heterocycles. The van der Waals surface area contributed by atoms with E-state index in [9.17, 15) is 0 Å². The van der Waals surface area contributed by atoms with Crippen LogP contribution < -0.4 is 10.6 Å². The van der Waals surface area contributed by atoms with Crippen LogP contribution in [0.5, 0.6) is 0 Å². The van der Waals surface area contributed by atoms with Crippen LogP contribution in [-0.4, -0.2) is 37.0 Å². The van der Waals surface area contributed by atoms with Crippen molar-refractivity contribution < 1.29 is 0 Å². The highest BCUT2D eigenvalue weighted by Gasteiger charge is 2.23. The minimum atomic E-state index is 0.350. The van der Waals surface area contributed by atoms with Crippen molar-refractivity contribution in [2.75, 3.05) is 26.2 Å². The average molecular weight is 376 g/mol. The van der Waals surface area contributed by atoms with Crippen molar-refractivity contribution in [3.8, 4) is 6.07 Å². The van der Waals surface area contributed by atoms with Crippen LogP contribution >= 0.6 is 0 Å². The third-order valence-electron chi connectivity index (χ3n) is 5.08. The Labute approximate surface area is 168 Å². The summed E-state index contributed by atoms with van der Waals surface area (Å²) in [5, 5.41) is 15.8. The fourth-order valence-corrected chi connectivity index (χ4v) is 3.58. The molecule has 1 heterocycles. The van der Waals surface area contributed by atoms with Gasteiger partial charge in [0.2, 0.25) is 0 Å². The first kappa shape index (κ1) is 19.9. The Morgan fingerprint density at radius 3 is 2.43 bits per heavy atom. The van der Waals surface area contributed by atoms with Gasteiger partial charge in [-0.15, -0.1) is 0 Å². The second-order valence-electron chi connectivity index (χ2n) is 7.05. The van der Waals surface area contributed by atoms with E-state index in [-0.39, 0.29) is 0 Å². The molecule has 1 saturated heterocycles. The molecule has 0 aromatic heterocycles. The van der Waals surface area contributed by atoms with E-state index in [1.807, 2.05) is 24.3 Å². The molecule has 1 atom stereocenters. The predicted octanol–water partition coefficient (Wildman–Crippen LogP) is 3.45. The van der Waals surface area contributed by atoms with E-state index in [2.05, 4.69) is 58.9 Å². The normalized spacial score (nSPS) is 15.8. The molecule has 0 saturated carbocycles. The molecule has 0 amide bonds. The molecular formula is C23H29N5. The van der Waals surface area contributed by atoms with Gasteiger partial charge in [0.05, 0.1) is 24.2 Å². The van der Waals surface area contributed by atoms with E-state index in [1.54, 1.807) is 0 Å². The molecule has 2 aromatic rings. The Morgan fingerprint density at radius 2 is 1.79 bits per heavy atom. The number of rotatable bonds is 7. The lowest BCUT2D eigenvalue weighted by Crippen LogP contribution is -2.42. The summed E-state index contributed by atoms with van der Waals surface area (Å²) in [6.45, 7) is 6.61. The van der Waals surface area contributed by atoms with Crippen molar-refractivity contribution in [3.63, 3.8) is 0 Å². The fraction of sp³-hybridized carbons (Fsp3) is 0.391. The third-order valence-corrected chi connectivity index (χ3v) is 5.08. The topological polar surface area (TPSA) is 63.5 Å². The Balaban J connectivity index is 1.66. The Morgan fingerprint density at radius 1 is 1.07 bits per heavy atom. The minimum absolute atomic E-state index is 0.350. The number of nitrogens with one attached hydrogen (secondary N) is 2. The van der Waals surface area contributed by atoms with E-state index < -0.39 is 0 Å². The smallest absolute Gasteiger partial charge is 0.191 e. The third kappa shape index (κ3) is 5.58. The molecule has 0 bridgehead atoms. The van der Waals surface area contributed by atoms with Crippen molar-refractivity contribution in [1.82, 2.24) is 15.5 Å². The molecule has 28 heavy (non-hydrogen) atoms. The number of benzene rings is 2. The molecule has 2 aromatic carbocycles. The van der Waals surface area contributed by atoms with E-state index >= 15 is 0 Å². The van der Waals surface area contributed by atoms with Crippen LogP contribution in [0.1, 0.15) is 42.5 Å². The van der Waals surface area contributed by atoms with Crippen LogP contribution in [0.4, 0.5) is 0 Å². The van der Waals surface area contributed by atoms with Gasteiger partial charge >= 0.3 is 0 Å². The highest BCUT2D eigenvalue weighted by Crippen LogP contribution is 2.24. The van der Waals surface area contributed by atoms with Gasteiger partial charge in [0.1, 0.15) is 0 Å². The van der Waals surface area contributed by atoms with Gasteiger partial charge in [0, 0.05) is 13.1 Å². The van der Waals surface area contributed by atoms with Crippen molar-refractivity contribution in [2.45, 2.75) is 32.4 Å². The van der Waals surface area contributed by atoms with Crippen molar-refractivity contribution in [1.29, 1.82) is 5.26 Å². The zero-order valence-electron chi connectivity index (χ0n) is 16.6. The van der Waals surface area contributed by atoms with Gasteiger partial charge in [-0.1, -0.05) is 42.5 Å². The molecule has 1 fully saturated rings. The summed E-state index contributed by atoms with van der Waals surface area (Å²) in [6.07, 6.45) is 2.55. The van der Waals surface area contributed by atoms with Crippen LogP contribution in [0.25, 0.3) is 0 Å². The SMILES string of the molecule is CCNC(=NCc1ccc(C#N)cc1)NCC(c1ccccc1)N1CCCC1. The number of nitriles is 1. The summed E-state index contributed by atoms with van der Waals surface area (Å²) in [4.78, 5) is 7.29. The average Bonchev–Trinajstić information content (AvgIpc) is 3.28. The molecule has 0 aliphatic carbocycles. The number of hydrogen-bond donors (Lipinski definition) is 2. The van der Waals surface area contributed by atoms with Crippen molar-refractivity contribution in [2.24, 2.45) is 4.99 Å². The first-order valence-corrected chi connectivity index (χ1v) is 10.1. The van der Waals surface area contributed by atoms with Gasteiger partial charge in [-0.05, 0) is 56.1 Å². The van der Waals surface area contributed by atoms with E-state index in [1.165, 1.54) is 18.4 Å². The standard InChI is InChI=1S/C23H29N5/c1-2-25-23(26-17-20-12-10-19(16-24)11-13-20)27-18-22(28-14-6-7-15-28)21-8-4-3-5-9-21/h3-5,8-13,22H,2,6-7,14-15,17-18H2,1H3,(H2,25,26,27). The van der Waals surface area contributed by atoms with Gasteiger partial charge in [0.25, 0.3) is 0 Å². The maximum Gasteiger partial charge on any atom is 0.191 e. The van der Waals surface area contributed by atoms with Crippen LogP contribution in [0.3, 0.4) is 0 Å². The summed E-state index contributed by atoms with van der Waals surface area (Å²) in [6, 6.07) is 20.8. The maximum atomic E-state index is 8.92. The largest absolute Gasteiger partial charge is 0.357 e. The van der Waals surface area contributed by atoms with Crippen LogP contribution in [0.2, 0.25) is 0 Å². The maximum absolute atomic E-state index is 8.92. The number of hydrogen-bond acceptors (Lipinski definition) is 3. The lowest BCUT2D eigenvalue weighted by molar-refractivity contribution is 0.245. The van der Waals surface area contributed by atoms with Crippen LogP contribution in [-0.2, 0) is 6.54 Å². The summed E-state index contributed by atoms with van der Waals surface area (Å²) < 4.78 is 0. The summed E-state index contributed by atoms with van der Waals surface area (Å²) in [5.74, 6) is 0.826. The van der Waals surface area contributed by atoms with E-state index in [0.29, 0.717) is 18.2 Å². The Kier molecular flexibility index (Phi) is 7.45. The van der Waals surface area contributed by atoms with Crippen molar-refractivity contribution in [3.05, 3.63) is 71.3 Å². The van der Waals surface area contributed by atoms with Gasteiger partial charge in [0.15, 0.2) is 5.96 Å². The first-order chi connectivity index (χ1) is 13.8. The number of nitrogens with zero attached hydrogens (tertiary/aromatic N) is 3. The first-order valence-electron chi connectivity index (χ1n) is 10.1. The van der Waals surface area contributed by atoms with Crippen LogP contribution in [0, 0.1) is 11.3 Å². The molecule has 0 spiro atoms. The quantitative estimate of drug-likeness (QED) is 0.575. The van der Waals surface area contributed by atoms with Gasteiger partial charge in [-0.25, -0.2) is 4.99 Å². The highest BCUT2D eigenvalue weighted by molar-refractivity contribution is 5.79. The van der Waals surface area contributed by atoms with E-state index in [4.69, 9.17) is 10.3 Å². The number of guanidine groups is 1. The molecule has 5 nitrogen and oxygen atoms in total. The zero-order valence-corrected chi connectivity index (χ0v) is 16.6. The van der Waals surface area contributed by atoms with Crippen LogP contribution in [0.15, 0.2) is 59.6 Å². The fourth-order valence-electron chi connectivity index (χ4n) is 3.58. The van der Waals surface area contributed by atoms with E-state index in [0.717, 1.165) is 37.7 Å². The minimum Gasteiger partial charge on any atom is -0.357 e. The molecule has 3 rings (SSSR count). The zero-order chi connectivity index (χ0) is 19.6. The Bertz CT molecular complexity index is 786. The second kappa shape index (κ2) is 10.5. The molecule has 2 N–H and O–H groups in total. The summed E-state index contributed by atoms with van der Waals surface area (Å²) in [7, 11) is 0. The molecule has 1 unspecified atom stereocenters. The predicted molar refractivity (Wildman–Crippen MR) is 114 cm³/mol. The molecule has 1 aliphatic rings. The molecule has 5 heteroatoms. The molecular weight excluding hydrogens is 346 g/mol. The molecule has 0 radical (unpaired) electrons. The molecule has 146 valence electrons. The van der Waals surface area contributed by atoms with Gasteiger partial charge < -0.3 is 10.6 Å². The Hall–Kier alpha value is -2.84. The monoisotopic (exact) mass is 375 g/mol.